The number of aryl methyl sites for hydroxylation is 2. The highest BCUT2D eigenvalue weighted by Crippen LogP contribution is 2.37. The van der Waals surface area contributed by atoms with E-state index in [1.54, 1.807) is 23.3 Å². The fraction of sp³-hybridized carbons (Fsp3) is 0.125. The van der Waals surface area contributed by atoms with Gasteiger partial charge in [-0.15, -0.1) is 0 Å². The van der Waals surface area contributed by atoms with Gasteiger partial charge in [-0.25, -0.2) is 0 Å². The van der Waals surface area contributed by atoms with Crippen LogP contribution >= 0.6 is 24.0 Å². The van der Waals surface area contributed by atoms with Crippen LogP contribution in [-0.2, 0) is 4.79 Å². The maximum atomic E-state index is 12.6. The Morgan fingerprint density at radius 3 is 2.76 bits per heavy atom. The van der Waals surface area contributed by atoms with Gasteiger partial charge < -0.3 is 4.42 Å². The predicted octanol–water partition coefficient (Wildman–Crippen LogP) is 4.30. The molecule has 0 saturated carbocycles. The molecule has 0 unspecified atom stereocenters. The molecule has 2 heterocycles. The Balaban J connectivity index is 1.98. The molecule has 0 radical (unpaired) electrons. The number of rotatable bonds is 2. The number of anilines is 1. The lowest BCUT2D eigenvalue weighted by atomic mass is 10.1. The smallest absolute Gasteiger partial charge is 0.270 e. The van der Waals surface area contributed by atoms with Gasteiger partial charge in [-0.2, -0.15) is 0 Å². The minimum atomic E-state index is -0.103. The molecule has 1 fully saturated rings. The van der Waals surface area contributed by atoms with Crippen LogP contribution in [0, 0.1) is 13.8 Å². The Kier molecular flexibility index (Phi) is 3.69. The summed E-state index contributed by atoms with van der Waals surface area (Å²) in [6.45, 7) is 4.01. The van der Waals surface area contributed by atoms with Gasteiger partial charge >= 0.3 is 0 Å². The molecular formula is C16H13NO2S2. The van der Waals surface area contributed by atoms with E-state index in [1.165, 1.54) is 11.8 Å². The van der Waals surface area contributed by atoms with Crippen LogP contribution in [0.15, 0.2) is 45.9 Å². The summed E-state index contributed by atoms with van der Waals surface area (Å²) < 4.78 is 5.80. The summed E-state index contributed by atoms with van der Waals surface area (Å²) in [5.74, 6) is 0.546. The molecule has 0 atom stereocenters. The van der Waals surface area contributed by atoms with Crippen molar-refractivity contribution in [1.82, 2.24) is 0 Å². The number of thioether (sulfide) groups is 1. The number of thiocarbonyl (C=S) groups is 1. The molecule has 0 aliphatic carbocycles. The van der Waals surface area contributed by atoms with Crippen molar-refractivity contribution in [3.8, 4) is 0 Å². The number of hydrogen-bond acceptors (Lipinski definition) is 4. The number of furan rings is 1. The molecule has 21 heavy (non-hydrogen) atoms. The number of benzene rings is 1. The lowest BCUT2D eigenvalue weighted by Gasteiger charge is -2.17. The second-order valence-corrected chi connectivity index (χ2v) is 6.50. The van der Waals surface area contributed by atoms with E-state index >= 15 is 0 Å². The number of hydrogen-bond donors (Lipinski definition) is 0. The van der Waals surface area contributed by atoms with Crippen LogP contribution in [-0.4, -0.2) is 10.2 Å². The van der Waals surface area contributed by atoms with E-state index < -0.39 is 0 Å². The zero-order valence-corrected chi connectivity index (χ0v) is 13.3. The average molecular weight is 315 g/mol. The molecule has 1 amide bonds. The molecule has 0 bridgehead atoms. The molecule has 3 nitrogen and oxygen atoms in total. The second-order valence-electron chi connectivity index (χ2n) is 4.82. The van der Waals surface area contributed by atoms with E-state index in [2.05, 4.69) is 0 Å². The SMILES string of the molecule is Cc1ccc(N2C(=O)/C(=C\c3ccco3)SC2=S)c(C)c1. The Labute approximate surface area is 132 Å². The largest absolute Gasteiger partial charge is 0.465 e. The molecule has 1 saturated heterocycles. The van der Waals surface area contributed by atoms with E-state index in [0.29, 0.717) is 15.0 Å². The molecule has 0 spiro atoms. The highest BCUT2D eigenvalue weighted by Gasteiger charge is 2.34. The van der Waals surface area contributed by atoms with Crippen LogP contribution in [0.1, 0.15) is 16.9 Å². The van der Waals surface area contributed by atoms with Crippen molar-refractivity contribution in [2.75, 3.05) is 4.90 Å². The van der Waals surface area contributed by atoms with Gasteiger partial charge in [-0.05, 0) is 37.6 Å². The molecule has 5 heteroatoms. The van der Waals surface area contributed by atoms with Crippen molar-refractivity contribution in [3.63, 3.8) is 0 Å². The normalized spacial score (nSPS) is 17.0. The van der Waals surface area contributed by atoms with Gasteiger partial charge in [0.1, 0.15) is 5.76 Å². The summed E-state index contributed by atoms with van der Waals surface area (Å²) in [5.41, 5.74) is 3.03. The first kappa shape index (κ1) is 14.1. The summed E-state index contributed by atoms with van der Waals surface area (Å²) in [4.78, 5) is 14.8. The molecule has 106 valence electrons. The van der Waals surface area contributed by atoms with Gasteiger partial charge in [0, 0.05) is 6.08 Å². The topological polar surface area (TPSA) is 33.5 Å². The molecule has 0 N–H and O–H groups in total. The average Bonchev–Trinajstić information content (AvgIpc) is 3.02. The van der Waals surface area contributed by atoms with E-state index in [4.69, 9.17) is 16.6 Å². The highest BCUT2D eigenvalue weighted by atomic mass is 32.2. The summed E-state index contributed by atoms with van der Waals surface area (Å²) in [5, 5.41) is 0. The number of carbonyl (C=O) groups excluding carboxylic acids is 1. The first-order chi connectivity index (χ1) is 10.1. The van der Waals surface area contributed by atoms with Gasteiger partial charge in [-0.1, -0.05) is 41.7 Å². The zero-order chi connectivity index (χ0) is 15.0. The zero-order valence-electron chi connectivity index (χ0n) is 11.6. The van der Waals surface area contributed by atoms with Gasteiger partial charge in [0.25, 0.3) is 5.91 Å². The first-order valence-corrected chi connectivity index (χ1v) is 7.67. The van der Waals surface area contributed by atoms with Crippen molar-refractivity contribution < 1.29 is 9.21 Å². The minimum absolute atomic E-state index is 0.103. The van der Waals surface area contributed by atoms with Crippen LogP contribution in [0.5, 0.6) is 0 Å². The van der Waals surface area contributed by atoms with Crippen LogP contribution in [0.3, 0.4) is 0 Å². The van der Waals surface area contributed by atoms with E-state index in [1.807, 2.05) is 38.1 Å². The summed E-state index contributed by atoms with van der Waals surface area (Å²) in [7, 11) is 0. The van der Waals surface area contributed by atoms with Crippen LogP contribution in [0.25, 0.3) is 6.08 Å². The minimum Gasteiger partial charge on any atom is -0.465 e. The molecule has 1 aliphatic rings. The quantitative estimate of drug-likeness (QED) is 0.611. The summed E-state index contributed by atoms with van der Waals surface area (Å²) in [6, 6.07) is 9.56. The van der Waals surface area contributed by atoms with Gasteiger partial charge in [0.15, 0.2) is 4.32 Å². The highest BCUT2D eigenvalue weighted by molar-refractivity contribution is 8.27. The Morgan fingerprint density at radius 2 is 2.10 bits per heavy atom. The standard InChI is InChI=1S/C16H13NO2S2/c1-10-5-6-13(11(2)8-10)17-15(18)14(21-16(17)20)9-12-4-3-7-19-12/h3-9H,1-2H3/b14-9+. The van der Waals surface area contributed by atoms with Gasteiger partial charge in [-0.3, -0.25) is 9.69 Å². The van der Waals surface area contributed by atoms with Crippen molar-refractivity contribution in [2.45, 2.75) is 13.8 Å². The van der Waals surface area contributed by atoms with Crippen molar-refractivity contribution in [2.24, 2.45) is 0 Å². The second kappa shape index (κ2) is 5.50. The van der Waals surface area contributed by atoms with Crippen LogP contribution < -0.4 is 4.90 Å². The van der Waals surface area contributed by atoms with Crippen molar-refractivity contribution in [3.05, 3.63) is 58.4 Å². The fourth-order valence-electron chi connectivity index (χ4n) is 2.23. The van der Waals surface area contributed by atoms with E-state index in [-0.39, 0.29) is 5.91 Å². The van der Waals surface area contributed by atoms with Crippen molar-refractivity contribution >= 4 is 46.0 Å². The lowest BCUT2D eigenvalue weighted by molar-refractivity contribution is -0.113. The Morgan fingerprint density at radius 1 is 1.29 bits per heavy atom. The van der Waals surface area contributed by atoms with Crippen LogP contribution in [0.2, 0.25) is 0 Å². The molecule has 1 aromatic heterocycles. The molecular weight excluding hydrogens is 302 g/mol. The third kappa shape index (κ3) is 2.66. The summed E-state index contributed by atoms with van der Waals surface area (Å²) >= 11 is 6.66. The molecule has 3 rings (SSSR count). The number of nitrogens with zero attached hydrogens (tertiary/aromatic N) is 1. The third-order valence-electron chi connectivity index (χ3n) is 3.20. The maximum absolute atomic E-state index is 12.6. The van der Waals surface area contributed by atoms with E-state index in [0.717, 1.165) is 16.8 Å². The van der Waals surface area contributed by atoms with Crippen molar-refractivity contribution in [1.29, 1.82) is 0 Å². The van der Waals surface area contributed by atoms with Gasteiger partial charge in [0.2, 0.25) is 0 Å². The molecule has 2 aromatic rings. The number of amides is 1. The lowest BCUT2D eigenvalue weighted by Crippen LogP contribution is -2.28. The first-order valence-electron chi connectivity index (χ1n) is 6.45. The summed E-state index contributed by atoms with van der Waals surface area (Å²) in [6.07, 6.45) is 3.31. The fourth-order valence-corrected chi connectivity index (χ4v) is 3.50. The van der Waals surface area contributed by atoms with E-state index in [9.17, 15) is 4.79 Å². The van der Waals surface area contributed by atoms with Gasteiger partial charge in [0.05, 0.1) is 16.9 Å². The third-order valence-corrected chi connectivity index (χ3v) is 4.51. The monoisotopic (exact) mass is 315 g/mol. The molecule has 1 aromatic carbocycles. The van der Waals surface area contributed by atoms with Crippen LogP contribution in [0.4, 0.5) is 5.69 Å². The Bertz CT molecular complexity index is 748. The predicted molar refractivity (Wildman–Crippen MR) is 90.3 cm³/mol. The molecule has 1 aliphatic heterocycles. The number of carbonyl (C=O) groups is 1. The maximum Gasteiger partial charge on any atom is 0.270 e. The Hall–Kier alpha value is -1.85.